The minimum absolute atomic E-state index is 0.176. The van der Waals surface area contributed by atoms with Crippen LogP contribution in [0.5, 0.6) is 0 Å². The average molecular weight is 244 g/mol. The molecule has 1 aliphatic rings. The van der Waals surface area contributed by atoms with Crippen molar-refractivity contribution >= 4 is 16.6 Å². The summed E-state index contributed by atoms with van der Waals surface area (Å²) in [7, 11) is 0. The fourth-order valence-electron chi connectivity index (χ4n) is 2.97. The number of nitro groups is 1. The number of hydrogen-bond donors (Lipinski definition) is 1. The van der Waals surface area contributed by atoms with Crippen molar-refractivity contribution in [2.24, 2.45) is 5.92 Å². The van der Waals surface area contributed by atoms with Gasteiger partial charge < -0.3 is 4.98 Å². The van der Waals surface area contributed by atoms with Crippen molar-refractivity contribution in [1.29, 1.82) is 0 Å². The van der Waals surface area contributed by atoms with Gasteiger partial charge in [-0.3, -0.25) is 10.1 Å². The summed E-state index contributed by atoms with van der Waals surface area (Å²) in [6, 6.07) is 5.04. The summed E-state index contributed by atoms with van der Waals surface area (Å²) in [6.07, 6.45) is 8.29. The number of fused-ring (bicyclic) bond motifs is 1. The van der Waals surface area contributed by atoms with Gasteiger partial charge in [0.05, 0.1) is 4.92 Å². The molecule has 0 radical (unpaired) electrons. The summed E-state index contributed by atoms with van der Waals surface area (Å²) in [5.41, 5.74) is 2.39. The van der Waals surface area contributed by atoms with E-state index in [9.17, 15) is 10.1 Å². The predicted molar refractivity (Wildman–Crippen MR) is 70.6 cm³/mol. The summed E-state index contributed by atoms with van der Waals surface area (Å²) in [6.45, 7) is 0. The maximum Gasteiger partial charge on any atom is 0.270 e. The highest BCUT2D eigenvalue weighted by atomic mass is 16.6. The van der Waals surface area contributed by atoms with Crippen molar-refractivity contribution in [3.8, 4) is 0 Å². The predicted octanol–water partition coefficient (Wildman–Crippen LogP) is 3.81. The van der Waals surface area contributed by atoms with Gasteiger partial charge in [-0.05, 0) is 24.0 Å². The molecule has 1 aromatic heterocycles. The highest BCUT2D eigenvalue weighted by Crippen LogP contribution is 2.31. The summed E-state index contributed by atoms with van der Waals surface area (Å²) >= 11 is 0. The van der Waals surface area contributed by atoms with Gasteiger partial charge in [-0.25, -0.2) is 0 Å². The topological polar surface area (TPSA) is 58.9 Å². The molecule has 1 N–H and O–H groups in total. The third-order valence-electron chi connectivity index (χ3n) is 3.95. The molecule has 0 saturated heterocycles. The Kier molecular flexibility index (Phi) is 2.78. The first kappa shape index (κ1) is 11.3. The van der Waals surface area contributed by atoms with Crippen LogP contribution >= 0.6 is 0 Å². The lowest BCUT2D eigenvalue weighted by molar-refractivity contribution is -0.384. The van der Waals surface area contributed by atoms with E-state index in [1.54, 1.807) is 18.2 Å². The molecular weight excluding hydrogens is 228 g/mol. The van der Waals surface area contributed by atoms with Gasteiger partial charge >= 0.3 is 0 Å². The number of nitrogens with one attached hydrogen (secondary N) is 1. The van der Waals surface area contributed by atoms with Crippen molar-refractivity contribution in [1.82, 2.24) is 4.98 Å². The molecular formula is C14H16N2O2. The number of nitrogens with zero attached hydrogens (tertiary/aromatic N) is 1. The van der Waals surface area contributed by atoms with Gasteiger partial charge in [0.15, 0.2) is 0 Å². The van der Waals surface area contributed by atoms with Crippen LogP contribution in [-0.2, 0) is 6.42 Å². The van der Waals surface area contributed by atoms with E-state index in [1.165, 1.54) is 31.2 Å². The number of rotatable bonds is 3. The zero-order valence-electron chi connectivity index (χ0n) is 10.2. The Morgan fingerprint density at radius 3 is 2.83 bits per heavy atom. The molecule has 1 heterocycles. The summed E-state index contributed by atoms with van der Waals surface area (Å²) in [4.78, 5) is 13.7. The Morgan fingerprint density at radius 2 is 2.11 bits per heavy atom. The third-order valence-corrected chi connectivity index (χ3v) is 3.95. The molecule has 4 heteroatoms. The normalized spacial score (nSPS) is 16.4. The maximum absolute atomic E-state index is 10.8. The standard InChI is InChI=1S/C14H16N2O2/c17-16(18)12-5-6-14-13(8-12)11(9-15-14)7-10-3-1-2-4-10/h5-6,8-10,15H,1-4,7H2. The van der Waals surface area contributed by atoms with E-state index in [0.717, 1.165) is 23.2 Å². The van der Waals surface area contributed by atoms with Crippen molar-refractivity contribution in [2.45, 2.75) is 32.1 Å². The summed E-state index contributed by atoms with van der Waals surface area (Å²) in [5.74, 6) is 0.753. The maximum atomic E-state index is 10.8. The van der Waals surface area contributed by atoms with Gasteiger partial charge in [0, 0.05) is 29.2 Å². The molecule has 2 aromatic rings. The highest BCUT2D eigenvalue weighted by Gasteiger charge is 2.18. The van der Waals surface area contributed by atoms with E-state index in [-0.39, 0.29) is 10.6 Å². The van der Waals surface area contributed by atoms with Crippen LogP contribution in [0.15, 0.2) is 24.4 Å². The molecule has 0 bridgehead atoms. The van der Waals surface area contributed by atoms with Crippen LogP contribution in [0.1, 0.15) is 31.2 Å². The molecule has 1 aromatic carbocycles. The average Bonchev–Trinajstić information content (AvgIpc) is 2.99. The molecule has 0 atom stereocenters. The third kappa shape index (κ3) is 1.98. The summed E-state index contributed by atoms with van der Waals surface area (Å²) in [5, 5.41) is 11.8. The number of nitro benzene ring substituents is 1. The Bertz CT molecular complexity index is 582. The van der Waals surface area contributed by atoms with Crippen LogP contribution in [-0.4, -0.2) is 9.91 Å². The van der Waals surface area contributed by atoms with Crippen LogP contribution < -0.4 is 0 Å². The Balaban J connectivity index is 1.95. The molecule has 1 fully saturated rings. The number of aromatic nitrogens is 1. The summed E-state index contributed by atoms with van der Waals surface area (Å²) < 4.78 is 0. The smallest absolute Gasteiger partial charge is 0.270 e. The SMILES string of the molecule is O=[N+]([O-])c1ccc2[nH]cc(CC3CCCC3)c2c1. The number of benzene rings is 1. The molecule has 0 aliphatic heterocycles. The minimum atomic E-state index is -0.328. The Labute approximate surface area is 105 Å². The van der Waals surface area contributed by atoms with Gasteiger partial charge in [0.25, 0.3) is 5.69 Å². The van der Waals surface area contributed by atoms with Crippen LogP contribution in [0.3, 0.4) is 0 Å². The lowest BCUT2D eigenvalue weighted by Gasteiger charge is -2.07. The van der Waals surface area contributed by atoms with Crippen molar-refractivity contribution in [2.75, 3.05) is 0 Å². The largest absolute Gasteiger partial charge is 0.361 e. The van der Waals surface area contributed by atoms with Gasteiger partial charge in [0.2, 0.25) is 0 Å². The molecule has 0 unspecified atom stereocenters. The van der Waals surface area contributed by atoms with E-state index >= 15 is 0 Å². The fourth-order valence-corrected chi connectivity index (χ4v) is 2.97. The minimum Gasteiger partial charge on any atom is -0.361 e. The van der Waals surface area contributed by atoms with E-state index < -0.39 is 0 Å². The van der Waals surface area contributed by atoms with E-state index in [2.05, 4.69) is 4.98 Å². The van der Waals surface area contributed by atoms with E-state index in [0.29, 0.717) is 0 Å². The highest BCUT2D eigenvalue weighted by molar-refractivity contribution is 5.85. The molecule has 1 aliphatic carbocycles. The first-order valence-corrected chi connectivity index (χ1v) is 6.48. The first-order chi connectivity index (χ1) is 8.74. The monoisotopic (exact) mass is 244 g/mol. The van der Waals surface area contributed by atoms with Crippen LogP contribution in [0.25, 0.3) is 10.9 Å². The molecule has 1 saturated carbocycles. The Hall–Kier alpha value is -1.84. The molecule has 94 valence electrons. The molecule has 18 heavy (non-hydrogen) atoms. The van der Waals surface area contributed by atoms with Gasteiger partial charge in [0.1, 0.15) is 0 Å². The van der Waals surface area contributed by atoms with E-state index in [4.69, 9.17) is 0 Å². The van der Waals surface area contributed by atoms with Crippen molar-refractivity contribution < 1.29 is 4.92 Å². The van der Waals surface area contributed by atoms with E-state index in [1.807, 2.05) is 6.20 Å². The number of H-pyrrole nitrogens is 1. The number of non-ortho nitro benzene ring substituents is 1. The Morgan fingerprint density at radius 1 is 1.33 bits per heavy atom. The zero-order valence-corrected chi connectivity index (χ0v) is 10.2. The van der Waals surface area contributed by atoms with Gasteiger partial charge in [-0.15, -0.1) is 0 Å². The first-order valence-electron chi connectivity index (χ1n) is 6.48. The zero-order chi connectivity index (χ0) is 12.5. The van der Waals surface area contributed by atoms with Gasteiger partial charge in [-0.1, -0.05) is 25.7 Å². The molecule has 3 rings (SSSR count). The van der Waals surface area contributed by atoms with Crippen LogP contribution in [0, 0.1) is 16.0 Å². The van der Waals surface area contributed by atoms with Crippen molar-refractivity contribution in [3.63, 3.8) is 0 Å². The number of aromatic amines is 1. The quantitative estimate of drug-likeness (QED) is 0.659. The second-order valence-corrected chi connectivity index (χ2v) is 5.16. The number of hydrogen-bond acceptors (Lipinski definition) is 2. The van der Waals surface area contributed by atoms with Crippen molar-refractivity contribution in [3.05, 3.63) is 40.1 Å². The van der Waals surface area contributed by atoms with Gasteiger partial charge in [-0.2, -0.15) is 0 Å². The van der Waals surface area contributed by atoms with Crippen LogP contribution in [0.4, 0.5) is 5.69 Å². The molecule has 0 amide bonds. The lowest BCUT2D eigenvalue weighted by atomic mass is 9.97. The second kappa shape index (κ2) is 4.44. The molecule has 4 nitrogen and oxygen atoms in total. The molecule has 0 spiro atoms. The second-order valence-electron chi connectivity index (χ2n) is 5.16. The van der Waals surface area contributed by atoms with Crippen LogP contribution in [0.2, 0.25) is 0 Å². The fraction of sp³-hybridized carbons (Fsp3) is 0.429. The lowest BCUT2D eigenvalue weighted by Crippen LogP contribution is -1.97.